The second kappa shape index (κ2) is 7.53. The fraction of sp³-hybridized carbons (Fsp3) is 0.467. The summed E-state index contributed by atoms with van der Waals surface area (Å²) in [6, 6.07) is 6.87. The van der Waals surface area contributed by atoms with E-state index in [0.717, 1.165) is 6.29 Å². The summed E-state index contributed by atoms with van der Waals surface area (Å²) in [5.74, 6) is 0.702. The van der Waals surface area contributed by atoms with Gasteiger partial charge in [-0.15, -0.1) is 0 Å². The monoisotopic (exact) mass is 279 g/mol. The van der Waals surface area contributed by atoms with Gasteiger partial charge in [-0.25, -0.2) is 4.79 Å². The van der Waals surface area contributed by atoms with Crippen LogP contribution in [0.4, 0.5) is 4.79 Å². The second-order valence-corrected chi connectivity index (χ2v) is 5.32. The van der Waals surface area contributed by atoms with Crippen LogP contribution >= 0.6 is 0 Å². The Morgan fingerprint density at radius 3 is 2.45 bits per heavy atom. The fourth-order valence-corrected chi connectivity index (χ4v) is 1.41. The fourth-order valence-electron chi connectivity index (χ4n) is 1.41. The lowest BCUT2D eigenvalue weighted by Crippen LogP contribution is -2.33. The summed E-state index contributed by atoms with van der Waals surface area (Å²) in [5, 5.41) is 2.66. The summed E-state index contributed by atoms with van der Waals surface area (Å²) in [5.41, 5.74) is 0.130. The first-order valence-corrected chi connectivity index (χ1v) is 6.55. The highest BCUT2D eigenvalue weighted by molar-refractivity contribution is 5.74. The lowest BCUT2D eigenvalue weighted by Gasteiger charge is -2.19. The van der Waals surface area contributed by atoms with Crippen molar-refractivity contribution in [2.75, 3.05) is 13.2 Å². The molecule has 1 rings (SSSR count). The highest BCUT2D eigenvalue weighted by Crippen LogP contribution is 2.11. The number of carbonyl (C=O) groups is 2. The molecule has 1 N–H and O–H groups in total. The van der Waals surface area contributed by atoms with Crippen molar-refractivity contribution in [1.29, 1.82) is 0 Å². The Kier molecular flexibility index (Phi) is 6.03. The number of amides is 1. The average Bonchev–Trinajstić information content (AvgIpc) is 2.37. The number of alkyl carbamates (subject to hydrolysis) is 1. The van der Waals surface area contributed by atoms with Gasteiger partial charge in [0.25, 0.3) is 0 Å². The first-order chi connectivity index (χ1) is 9.40. The third kappa shape index (κ3) is 6.78. The molecule has 110 valence electrons. The van der Waals surface area contributed by atoms with E-state index in [2.05, 4.69) is 5.32 Å². The number of carbonyl (C=O) groups excluding carboxylic acids is 2. The van der Waals surface area contributed by atoms with E-state index in [1.807, 2.05) is 20.8 Å². The van der Waals surface area contributed by atoms with Crippen molar-refractivity contribution in [3.63, 3.8) is 0 Å². The minimum Gasteiger partial charge on any atom is -0.494 e. The Labute approximate surface area is 119 Å². The smallest absolute Gasteiger partial charge is 0.407 e. The van der Waals surface area contributed by atoms with Gasteiger partial charge in [-0.1, -0.05) is 0 Å². The maximum absolute atomic E-state index is 11.4. The third-order valence-electron chi connectivity index (χ3n) is 2.27. The van der Waals surface area contributed by atoms with Gasteiger partial charge in [-0.2, -0.15) is 0 Å². The van der Waals surface area contributed by atoms with E-state index in [4.69, 9.17) is 9.47 Å². The molecule has 0 aliphatic heterocycles. The van der Waals surface area contributed by atoms with E-state index >= 15 is 0 Å². The van der Waals surface area contributed by atoms with Gasteiger partial charge in [-0.3, -0.25) is 4.79 Å². The first kappa shape index (κ1) is 16.0. The molecular weight excluding hydrogens is 258 g/mol. The molecule has 0 unspecified atom stereocenters. The zero-order valence-corrected chi connectivity index (χ0v) is 12.1. The highest BCUT2D eigenvalue weighted by Gasteiger charge is 2.15. The van der Waals surface area contributed by atoms with E-state index in [1.54, 1.807) is 24.3 Å². The predicted molar refractivity (Wildman–Crippen MR) is 76.2 cm³/mol. The third-order valence-corrected chi connectivity index (χ3v) is 2.27. The van der Waals surface area contributed by atoms with Crippen molar-refractivity contribution < 1.29 is 19.1 Å². The zero-order valence-electron chi connectivity index (χ0n) is 12.1. The van der Waals surface area contributed by atoms with Gasteiger partial charge < -0.3 is 14.8 Å². The average molecular weight is 279 g/mol. The molecule has 0 bridgehead atoms. The molecule has 0 atom stereocenters. The van der Waals surface area contributed by atoms with Gasteiger partial charge in [-0.05, 0) is 51.5 Å². The van der Waals surface area contributed by atoms with Crippen LogP contribution in [0.3, 0.4) is 0 Å². The molecule has 20 heavy (non-hydrogen) atoms. The summed E-state index contributed by atoms with van der Waals surface area (Å²) in [6.45, 7) is 6.42. The maximum atomic E-state index is 11.4. The lowest BCUT2D eigenvalue weighted by molar-refractivity contribution is 0.0525. The molecular formula is C15H21NO4. The second-order valence-electron chi connectivity index (χ2n) is 5.32. The Hall–Kier alpha value is -2.04. The van der Waals surface area contributed by atoms with E-state index in [-0.39, 0.29) is 0 Å². The number of aldehydes is 1. The van der Waals surface area contributed by atoms with Gasteiger partial charge in [0, 0.05) is 12.1 Å². The van der Waals surface area contributed by atoms with Crippen LogP contribution in [0.25, 0.3) is 0 Å². The maximum Gasteiger partial charge on any atom is 0.407 e. The number of benzene rings is 1. The van der Waals surface area contributed by atoms with Crippen LogP contribution in [0.1, 0.15) is 37.6 Å². The van der Waals surface area contributed by atoms with Crippen LogP contribution in [0.15, 0.2) is 24.3 Å². The standard InChI is InChI=1S/C15H21NO4/c1-15(2,3)20-14(18)16-9-4-10-19-13-7-5-12(11-17)6-8-13/h5-8,11H,4,9-10H2,1-3H3,(H,16,18). The SMILES string of the molecule is CC(C)(C)OC(=O)NCCCOc1ccc(C=O)cc1. The summed E-state index contributed by atoms with van der Waals surface area (Å²) in [6.07, 6.45) is 1.04. The Bertz CT molecular complexity index is 434. The molecule has 0 spiro atoms. The van der Waals surface area contributed by atoms with Crippen molar-refractivity contribution in [2.45, 2.75) is 32.8 Å². The first-order valence-electron chi connectivity index (χ1n) is 6.55. The molecule has 0 radical (unpaired) electrons. The van der Waals surface area contributed by atoms with Gasteiger partial charge in [0.15, 0.2) is 0 Å². The topological polar surface area (TPSA) is 64.6 Å². The van der Waals surface area contributed by atoms with Crippen molar-refractivity contribution in [3.8, 4) is 5.75 Å². The summed E-state index contributed by atoms with van der Waals surface area (Å²) >= 11 is 0. The quantitative estimate of drug-likeness (QED) is 0.642. The van der Waals surface area contributed by atoms with Crippen molar-refractivity contribution in [3.05, 3.63) is 29.8 Å². The molecule has 5 heteroatoms. The molecule has 1 amide bonds. The van der Waals surface area contributed by atoms with Gasteiger partial charge in [0.05, 0.1) is 6.61 Å². The lowest BCUT2D eigenvalue weighted by atomic mass is 10.2. The Morgan fingerprint density at radius 2 is 1.90 bits per heavy atom. The molecule has 1 aromatic rings. The van der Waals surface area contributed by atoms with E-state index in [1.165, 1.54) is 0 Å². The van der Waals surface area contributed by atoms with Gasteiger partial charge >= 0.3 is 6.09 Å². The van der Waals surface area contributed by atoms with Gasteiger partial charge in [0.2, 0.25) is 0 Å². The Morgan fingerprint density at radius 1 is 1.25 bits per heavy atom. The van der Waals surface area contributed by atoms with Crippen LogP contribution < -0.4 is 10.1 Å². The normalized spacial score (nSPS) is 10.8. The van der Waals surface area contributed by atoms with Crippen LogP contribution in [0.5, 0.6) is 5.75 Å². The van der Waals surface area contributed by atoms with E-state index in [0.29, 0.717) is 30.9 Å². The van der Waals surface area contributed by atoms with E-state index < -0.39 is 11.7 Å². The molecule has 0 aliphatic carbocycles. The number of rotatable bonds is 6. The molecule has 0 heterocycles. The summed E-state index contributed by atoms with van der Waals surface area (Å²) < 4.78 is 10.6. The van der Waals surface area contributed by atoms with Crippen molar-refractivity contribution >= 4 is 12.4 Å². The van der Waals surface area contributed by atoms with Crippen LogP contribution in [0.2, 0.25) is 0 Å². The predicted octanol–water partition coefficient (Wildman–Crippen LogP) is 2.79. The molecule has 5 nitrogen and oxygen atoms in total. The van der Waals surface area contributed by atoms with Crippen molar-refractivity contribution in [1.82, 2.24) is 5.32 Å². The van der Waals surface area contributed by atoms with Crippen LogP contribution in [-0.2, 0) is 4.74 Å². The molecule has 0 aliphatic rings. The molecule has 0 saturated heterocycles. The molecule has 1 aromatic carbocycles. The molecule has 0 aromatic heterocycles. The number of ether oxygens (including phenoxy) is 2. The largest absolute Gasteiger partial charge is 0.494 e. The molecule has 0 saturated carbocycles. The molecule has 0 fully saturated rings. The number of nitrogens with one attached hydrogen (secondary N) is 1. The minimum absolute atomic E-state index is 0.423. The number of hydrogen-bond donors (Lipinski definition) is 1. The van der Waals surface area contributed by atoms with Crippen LogP contribution in [0, 0.1) is 0 Å². The highest BCUT2D eigenvalue weighted by atomic mass is 16.6. The summed E-state index contributed by atoms with van der Waals surface area (Å²) in [4.78, 5) is 21.8. The number of hydrogen-bond acceptors (Lipinski definition) is 4. The van der Waals surface area contributed by atoms with Crippen LogP contribution in [-0.4, -0.2) is 31.1 Å². The Balaban J connectivity index is 2.15. The minimum atomic E-state index is -0.485. The summed E-state index contributed by atoms with van der Waals surface area (Å²) in [7, 11) is 0. The van der Waals surface area contributed by atoms with E-state index in [9.17, 15) is 9.59 Å². The zero-order chi connectivity index (χ0) is 15.0. The van der Waals surface area contributed by atoms with Crippen molar-refractivity contribution in [2.24, 2.45) is 0 Å². The van der Waals surface area contributed by atoms with Gasteiger partial charge in [0.1, 0.15) is 17.6 Å².